The molecule has 2 N–H and O–H groups in total. The number of aromatic amines is 1. The summed E-state index contributed by atoms with van der Waals surface area (Å²) < 4.78 is 0. The molecule has 0 saturated heterocycles. The van der Waals surface area contributed by atoms with Crippen molar-refractivity contribution in [2.45, 2.75) is 13.8 Å². The number of carbonyl (C=O) groups is 1. The molecule has 1 amide bonds. The molecule has 6 heteroatoms. The first kappa shape index (κ1) is 15.6. The van der Waals surface area contributed by atoms with Crippen molar-refractivity contribution < 1.29 is 4.79 Å². The predicted molar refractivity (Wildman–Crippen MR) is 92.0 cm³/mol. The van der Waals surface area contributed by atoms with Crippen LogP contribution in [0, 0.1) is 13.8 Å². The van der Waals surface area contributed by atoms with Crippen LogP contribution in [-0.4, -0.2) is 20.9 Å². The van der Waals surface area contributed by atoms with Gasteiger partial charge in [0, 0.05) is 18.1 Å². The van der Waals surface area contributed by atoms with Gasteiger partial charge in [-0.1, -0.05) is 30.3 Å². The van der Waals surface area contributed by atoms with Gasteiger partial charge in [-0.3, -0.25) is 9.59 Å². The first-order valence-corrected chi connectivity index (χ1v) is 7.45. The van der Waals surface area contributed by atoms with Crippen LogP contribution in [0.4, 0.5) is 5.82 Å². The Kier molecular flexibility index (Phi) is 4.20. The van der Waals surface area contributed by atoms with Gasteiger partial charge in [-0.25, -0.2) is 9.97 Å². The number of amides is 1. The number of rotatable bonds is 3. The van der Waals surface area contributed by atoms with Gasteiger partial charge in [0.15, 0.2) is 5.69 Å². The molecule has 0 unspecified atom stereocenters. The number of hydrogen-bond acceptors (Lipinski definition) is 4. The average Bonchev–Trinajstić information content (AvgIpc) is 2.59. The summed E-state index contributed by atoms with van der Waals surface area (Å²) >= 11 is 0. The SMILES string of the molecule is Cc1nc(NC(=O)c2ncc[nH]c2=O)cc(-c2ccccc2)c1C. The number of carbonyl (C=O) groups excluding carboxylic acids is 1. The zero-order chi connectivity index (χ0) is 17.1. The molecule has 1 aromatic carbocycles. The lowest BCUT2D eigenvalue weighted by Crippen LogP contribution is -2.25. The second kappa shape index (κ2) is 6.45. The Bertz CT molecular complexity index is 949. The largest absolute Gasteiger partial charge is 0.326 e. The van der Waals surface area contributed by atoms with Gasteiger partial charge in [0.25, 0.3) is 11.5 Å². The molecule has 2 aromatic heterocycles. The molecule has 3 aromatic rings. The fourth-order valence-electron chi connectivity index (χ4n) is 2.41. The number of benzene rings is 1. The Hall–Kier alpha value is -3.28. The molecule has 0 atom stereocenters. The van der Waals surface area contributed by atoms with E-state index in [-0.39, 0.29) is 5.69 Å². The molecule has 0 bridgehead atoms. The summed E-state index contributed by atoms with van der Waals surface area (Å²) in [7, 11) is 0. The number of anilines is 1. The second-order valence-corrected chi connectivity index (χ2v) is 5.35. The Morgan fingerprint density at radius 1 is 1.17 bits per heavy atom. The van der Waals surface area contributed by atoms with Crippen molar-refractivity contribution in [1.29, 1.82) is 0 Å². The molecule has 0 saturated carbocycles. The van der Waals surface area contributed by atoms with Crippen molar-refractivity contribution in [2.75, 3.05) is 5.32 Å². The van der Waals surface area contributed by atoms with Crippen LogP contribution in [0.2, 0.25) is 0 Å². The summed E-state index contributed by atoms with van der Waals surface area (Å²) in [5.74, 6) is -0.210. The maximum Gasteiger partial charge on any atom is 0.281 e. The van der Waals surface area contributed by atoms with E-state index in [1.54, 1.807) is 6.07 Å². The molecular weight excluding hydrogens is 304 g/mol. The maximum atomic E-state index is 12.2. The van der Waals surface area contributed by atoms with Crippen LogP contribution in [-0.2, 0) is 0 Å². The Morgan fingerprint density at radius 3 is 2.62 bits per heavy atom. The lowest BCUT2D eigenvalue weighted by molar-refractivity contribution is 0.102. The van der Waals surface area contributed by atoms with Crippen LogP contribution < -0.4 is 10.9 Å². The van der Waals surface area contributed by atoms with E-state index in [2.05, 4.69) is 20.3 Å². The second-order valence-electron chi connectivity index (χ2n) is 5.35. The van der Waals surface area contributed by atoms with E-state index < -0.39 is 11.5 Å². The van der Waals surface area contributed by atoms with E-state index in [0.29, 0.717) is 5.82 Å². The Balaban J connectivity index is 1.98. The third kappa shape index (κ3) is 3.08. The van der Waals surface area contributed by atoms with Gasteiger partial charge in [-0.05, 0) is 36.6 Å². The number of nitrogens with zero attached hydrogens (tertiary/aromatic N) is 2. The van der Waals surface area contributed by atoms with Crippen molar-refractivity contribution in [1.82, 2.24) is 15.0 Å². The highest BCUT2D eigenvalue weighted by Gasteiger charge is 2.14. The molecule has 0 aliphatic carbocycles. The van der Waals surface area contributed by atoms with Crippen LogP contribution in [0.25, 0.3) is 11.1 Å². The third-order valence-electron chi connectivity index (χ3n) is 3.77. The fourth-order valence-corrected chi connectivity index (χ4v) is 2.41. The lowest BCUT2D eigenvalue weighted by atomic mass is 10.0. The molecule has 24 heavy (non-hydrogen) atoms. The van der Waals surface area contributed by atoms with Crippen molar-refractivity contribution in [3.05, 3.63) is 76.1 Å². The van der Waals surface area contributed by atoms with Gasteiger partial charge in [-0.2, -0.15) is 0 Å². The van der Waals surface area contributed by atoms with Gasteiger partial charge >= 0.3 is 0 Å². The van der Waals surface area contributed by atoms with E-state index in [1.807, 2.05) is 44.2 Å². The smallest absolute Gasteiger partial charge is 0.281 e. The predicted octanol–water partition coefficient (Wildman–Crippen LogP) is 2.70. The van der Waals surface area contributed by atoms with Crippen LogP contribution >= 0.6 is 0 Å². The number of H-pyrrole nitrogens is 1. The molecule has 2 heterocycles. The lowest BCUT2D eigenvalue weighted by Gasteiger charge is -2.12. The first-order valence-electron chi connectivity index (χ1n) is 7.45. The third-order valence-corrected chi connectivity index (χ3v) is 3.77. The summed E-state index contributed by atoms with van der Waals surface area (Å²) in [6.45, 7) is 3.87. The normalized spacial score (nSPS) is 10.4. The van der Waals surface area contributed by atoms with Crippen molar-refractivity contribution in [2.24, 2.45) is 0 Å². The summed E-state index contributed by atoms with van der Waals surface area (Å²) in [5.41, 5.74) is 3.12. The van der Waals surface area contributed by atoms with E-state index in [4.69, 9.17) is 0 Å². The summed E-state index contributed by atoms with van der Waals surface area (Å²) in [6.07, 6.45) is 2.74. The van der Waals surface area contributed by atoms with Crippen LogP contribution in [0.15, 0.2) is 53.6 Å². The van der Waals surface area contributed by atoms with Crippen LogP contribution in [0.3, 0.4) is 0 Å². The van der Waals surface area contributed by atoms with E-state index in [0.717, 1.165) is 22.4 Å². The van der Waals surface area contributed by atoms with Gasteiger partial charge in [-0.15, -0.1) is 0 Å². The number of aromatic nitrogens is 3. The Labute approximate surface area is 138 Å². The standard InChI is InChI=1S/C18H16N4O2/c1-11-12(2)21-15(10-14(11)13-6-4-3-5-7-13)22-18(24)16-17(23)20-9-8-19-16/h3-10H,1-2H3,(H,20,23)(H,21,22,24). The molecule has 120 valence electrons. The molecule has 3 rings (SSSR count). The summed E-state index contributed by atoms with van der Waals surface area (Å²) in [4.78, 5) is 34.5. The zero-order valence-corrected chi connectivity index (χ0v) is 13.3. The number of nitrogens with one attached hydrogen (secondary N) is 2. The number of aryl methyl sites for hydroxylation is 1. The number of pyridine rings is 1. The molecule has 0 aliphatic rings. The van der Waals surface area contributed by atoms with Gasteiger partial charge in [0.05, 0.1) is 0 Å². The van der Waals surface area contributed by atoms with Crippen LogP contribution in [0.1, 0.15) is 21.7 Å². The molecular formula is C18H16N4O2. The quantitative estimate of drug-likeness (QED) is 0.776. The minimum Gasteiger partial charge on any atom is -0.326 e. The van der Waals surface area contributed by atoms with Crippen molar-refractivity contribution >= 4 is 11.7 Å². The monoisotopic (exact) mass is 320 g/mol. The minimum absolute atomic E-state index is 0.196. The van der Waals surface area contributed by atoms with Gasteiger partial charge in [0.1, 0.15) is 5.82 Å². The molecule has 0 fully saturated rings. The Morgan fingerprint density at radius 2 is 1.92 bits per heavy atom. The van der Waals surface area contributed by atoms with Crippen LogP contribution in [0.5, 0.6) is 0 Å². The van der Waals surface area contributed by atoms with Gasteiger partial charge < -0.3 is 10.3 Å². The van der Waals surface area contributed by atoms with Gasteiger partial charge in [0.2, 0.25) is 0 Å². The molecule has 6 nitrogen and oxygen atoms in total. The summed E-state index contributed by atoms with van der Waals surface area (Å²) in [5, 5.41) is 2.64. The van der Waals surface area contributed by atoms with Crippen molar-refractivity contribution in [3.8, 4) is 11.1 Å². The zero-order valence-electron chi connectivity index (χ0n) is 13.3. The highest BCUT2D eigenvalue weighted by molar-refractivity contribution is 6.02. The van der Waals surface area contributed by atoms with E-state index >= 15 is 0 Å². The highest BCUT2D eigenvalue weighted by atomic mass is 16.2. The highest BCUT2D eigenvalue weighted by Crippen LogP contribution is 2.27. The minimum atomic E-state index is -0.591. The molecule has 0 radical (unpaired) electrons. The van der Waals surface area contributed by atoms with Crippen molar-refractivity contribution in [3.63, 3.8) is 0 Å². The number of hydrogen-bond donors (Lipinski definition) is 2. The fraction of sp³-hybridized carbons (Fsp3) is 0.111. The maximum absolute atomic E-state index is 12.2. The van der Waals surface area contributed by atoms with E-state index in [1.165, 1.54) is 12.4 Å². The topological polar surface area (TPSA) is 87.7 Å². The first-order chi connectivity index (χ1) is 11.6. The molecule has 0 aliphatic heterocycles. The van der Waals surface area contributed by atoms with E-state index in [9.17, 15) is 9.59 Å². The summed E-state index contributed by atoms with van der Waals surface area (Å²) in [6, 6.07) is 11.6. The molecule has 0 spiro atoms. The average molecular weight is 320 g/mol.